The summed E-state index contributed by atoms with van der Waals surface area (Å²) in [6, 6.07) is 15.5. The van der Waals surface area contributed by atoms with E-state index >= 15 is 0 Å². The Morgan fingerprint density at radius 3 is 2.04 bits per heavy atom. The number of rotatable bonds is 36. The van der Waals surface area contributed by atoms with Gasteiger partial charge < -0.3 is 55.5 Å². The number of carboxylic acids is 1. The molecule has 6 rings (SSSR count). The number of fused-ring (bicyclic) bond motifs is 1. The van der Waals surface area contributed by atoms with E-state index in [2.05, 4.69) is 56.8 Å². The number of nitrogens with one attached hydrogen (secondary N) is 8. The van der Waals surface area contributed by atoms with Crippen molar-refractivity contribution >= 4 is 78.6 Å². The van der Waals surface area contributed by atoms with E-state index in [0.717, 1.165) is 11.1 Å². The van der Waals surface area contributed by atoms with Crippen LogP contribution in [0.3, 0.4) is 0 Å². The molecule has 6 aromatic rings. The normalized spacial score (nSPS) is 12.0. The lowest BCUT2D eigenvalue weighted by atomic mass is 10.1. The number of carbonyl (C=O) groups excluding carboxylic acids is 4. The quantitative estimate of drug-likeness (QED) is 0.0117. The molecule has 0 aliphatic heterocycles. The Labute approximate surface area is 490 Å². The smallest absolute Gasteiger partial charge is 0.323 e. The highest BCUT2D eigenvalue weighted by atomic mass is 32.2. The summed E-state index contributed by atoms with van der Waals surface area (Å²) in [7, 11) is -8.77. The fourth-order valence-corrected chi connectivity index (χ4v) is 10.9. The second-order valence-electron chi connectivity index (χ2n) is 19.3. The highest BCUT2D eigenvalue weighted by molar-refractivity contribution is 7.89. The molecule has 0 aliphatic carbocycles. The number of carbonyl (C=O) groups is 5. The molecule has 1 unspecified atom stereocenters. The molecule has 1 atom stereocenters. The third-order valence-electron chi connectivity index (χ3n) is 12.6. The minimum atomic E-state index is -4.42. The molecule has 0 fully saturated rings. The molecule has 27 nitrogen and oxygen atoms in total. The number of hydrazone groups is 1. The fraction of sp³-hybridized carbons (Fsp3) is 0.375. The predicted octanol–water partition coefficient (Wildman–Crippen LogP) is 3.17. The molecule has 0 saturated carbocycles. The summed E-state index contributed by atoms with van der Waals surface area (Å²) in [5.74, 6) is -2.63. The molecule has 0 saturated heterocycles. The number of ether oxygens (including phenoxy) is 3. The van der Waals surface area contributed by atoms with Gasteiger partial charge in [-0.25, -0.2) is 18.4 Å². The number of anilines is 2. The third-order valence-corrected chi connectivity index (χ3v) is 15.4. The Bertz CT molecular complexity index is 3560. The molecule has 0 spiro atoms. The number of pyridine rings is 2. The second-order valence-corrected chi connectivity index (χ2v) is 22.4. The Hall–Kier alpha value is -8.45. The van der Waals surface area contributed by atoms with E-state index in [0.29, 0.717) is 113 Å². The molecule has 3 heterocycles. The lowest BCUT2D eigenvalue weighted by Crippen LogP contribution is -2.49. The molecule has 10 N–H and O–H groups in total. The van der Waals surface area contributed by atoms with Gasteiger partial charge in [-0.15, -0.1) is 0 Å². The lowest BCUT2D eigenvalue weighted by molar-refractivity contribution is -0.138. The summed E-state index contributed by atoms with van der Waals surface area (Å²) in [5, 5.41) is 28.0. The maximum absolute atomic E-state index is 13.8. The number of carboxylic acid groups (broad SMARTS) is 1. The maximum atomic E-state index is 13.8. The van der Waals surface area contributed by atoms with E-state index in [9.17, 15) is 55.3 Å². The number of aryl methyl sites for hydroxylation is 4. The average Bonchev–Trinajstić information content (AvgIpc) is 2.73. The van der Waals surface area contributed by atoms with Crippen molar-refractivity contribution in [1.82, 2.24) is 45.5 Å². The van der Waals surface area contributed by atoms with Crippen molar-refractivity contribution in [1.29, 1.82) is 0 Å². The summed E-state index contributed by atoms with van der Waals surface area (Å²) in [6.45, 7) is 7.91. The minimum absolute atomic E-state index is 0.0435. The van der Waals surface area contributed by atoms with Crippen molar-refractivity contribution in [3.05, 3.63) is 141 Å². The number of aliphatic carboxylic acids is 1. The summed E-state index contributed by atoms with van der Waals surface area (Å²) in [5.41, 5.74) is 5.11. The van der Waals surface area contributed by atoms with Crippen LogP contribution in [0.5, 0.6) is 0 Å². The van der Waals surface area contributed by atoms with Gasteiger partial charge in [0, 0.05) is 101 Å². The van der Waals surface area contributed by atoms with E-state index in [4.69, 9.17) is 14.2 Å². The van der Waals surface area contributed by atoms with E-state index in [1.54, 1.807) is 80.2 Å². The van der Waals surface area contributed by atoms with E-state index < -0.39 is 50.0 Å². The van der Waals surface area contributed by atoms with Crippen LogP contribution >= 0.6 is 0 Å². The monoisotopic (exact) mass is 1210 g/mol. The predicted molar refractivity (Wildman–Crippen MR) is 314 cm³/mol. The van der Waals surface area contributed by atoms with Crippen molar-refractivity contribution in [3.63, 3.8) is 0 Å². The Kier molecular flexibility index (Phi) is 25.2. The van der Waals surface area contributed by atoms with Gasteiger partial charge in [-0.3, -0.25) is 38.7 Å². The average molecular weight is 1220 g/mol. The number of hydrogen-bond acceptors (Lipinski definition) is 18. The number of nitrogens with zero attached hydrogens (tertiary/aromatic N) is 4. The molecule has 0 aliphatic rings. The molecule has 29 heteroatoms. The van der Waals surface area contributed by atoms with Gasteiger partial charge in [0.15, 0.2) is 5.95 Å². The van der Waals surface area contributed by atoms with Crippen molar-refractivity contribution < 1.29 is 64.7 Å². The first-order valence-electron chi connectivity index (χ1n) is 27.1. The van der Waals surface area contributed by atoms with Crippen LogP contribution in [-0.2, 0) is 61.8 Å². The van der Waals surface area contributed by atoms with Crippen molar-refractivity contribution in [2.45, 2.75) is 81.8 Å². The fourth-order valence-electron chi connectivity index (χ4n) is 8.63. The Morgan fingerprint density at radius 2 is 1.41 bits per heavy atom. The van der Waals surface area contributed by atoms with Gasteiger partial charge >= 0.3 is 5.97 Å². The topological polar surface area (TPSA) is 382 Å². The van der Waals surface area contributed by atoms with Gasteiger partial charge in [-0.2, -0.15) is 18.2 Å². The first kappa shape index (κ1) is 65.7. The molecule has 3 aromatic carbocycles. The molecular weight excluding hydrogens is 1140 g/mol. The number of H-pyrrole nitrogens is 1. The first-order valence-corrected chi connectivity index (χ1v) is 30.0. The van der Waals surface area contributed by atoms with Gasteiger partial charge in [0.2, 0.25) is 27.3 Å². The van der Waals surface area contributed by atoms with Gasteiger partial charge in [0.1, 0.15) is 22.3 Å². The van der Waals surface area contributed by atoms with Crippen LogP contribution in [0.4, 0.5) is 11.8 Å². The number of imidazole rings is 1. The van der Waals surface area contributed by atoms with Gasteiger partial charge in [-0.1, -0.05) is 42.0 Å². The molecule has 0 bridgehead atoms. The van der Waals surface area contributed by atoms with E-state index in [1.165, 1.54) is 42.9 Å². The van der Waals surface area contributed by atoms with Crippen LogP contribution in [0.1, 0.15) is 80.6 Å². The second kappa shape index (κ2) is 32.6. The minimum Gasteiger partial charge on any atom is -0.480 e. The summed E-state index contributed by atoms with van der Waals surface area (Å²) in [4.78, 5) is 88.4. The van der Waals surface area contributed by atoms with Gasteiger partial charge in [0.25, 0.3) is 21.9 Å². The molecule has 4 amide bonds. The summed E-state index contributed by atoms with van der Waals surface area (Å²) >= 11 is 0. The number of aromatic amines is 1. The zero-order valence-corrected chi connectivity index (χ0v) is 48.8. The van der Waals surface area contributed by atoms with Gasteiger partial charge in [0.05, 0.1) is 48.6 Å². The van der Waals surface area contributed by atoms with Crippen LogP contribution < -0.4 is 42.2 Å². The standard InChI is InChI=1S/C56H70N12O15S2/c1-37-29-38(2)52(39(3)30-37)84(76,77)67-45(55(74)75)35-63-54(73)44-36-68(46-31-40(11-13-43(46)51(44)71)32-64-56-60-20-21-61-56)22-6-17-57-49(69)15-16-50(70)58-18-7-23-81-25-27-83-28-26-82-24-8-19-59-53(72)42-12-14-48(62-33-42)66-65-34-41-9-4-5-10-47(41)85(78,79)80/h4-5,9-14,20-21,29-31,33-34,36,45,67H,6-8,15-19,22-28,32,35H2,1-3H3,(H,57,69)(H,58,70)(H,59,72)(H,62,66)(H,63,73)(H,74,75)(H2,60,61,64)(H,78,79,80)/b65-34+. The highest BCUT2D eigenvalue weighted by Crippen LogP contribution is 2.23. The van der Waals surface area contributed by atoms with Gasteiger partial charge in [-0.05, 0) is 87.1 Å². The third kappa shape index (κ3) is 21.0. The molecule has 0 radical (unpaired) electrons. The maximum Gasteiger partial charge on any atom is 0.323 e. The van der Waals surface area contributed by atoms with E-state index in [-0.39, 0.29) is 70.0 Å². The van der Waals surface area contributed by atoms with Crippen LogP contribution in [0.25, 0.3) is 10.9 Å². The van der Waals surface area contributed by atoms with Crippen LogP contribution in [0.15, 0.2) is 111 Å². The van der Waals surface area contributed by atoms with Crippen LogP contribution in [-0.4, -0.2) is 154 Å². The number of benzene rings is 3. The zero-order chi connectivity index (χ0) is 61.4. The zero-order valence-electron chi connectivity index (χ0n) is 47.1. The van der Waals surface area contributed by atoms with Crippen molar-refractivity contribution in [2.75, 3.05) is 76.6 Å². The highest BCUT2D eigenvalue weighted by Gasteiger charge is 2.29. The van der Waals surface area contributed by atoms with Crippen LogP contribution in [0.2, 0.25) is 0 Å². The molecule has 3 aromatic heterocycles. The Balaban J connectivity index is 0.828. The van der Waals surface area contributed by atoms with E-state index in [1.807, 2.05) is 0 Å². The Morgan fingerprint density at radius 1 is 0.765 bits per heavy atom. The molecule has 456 valence electrons. The summed E-state index contributed by atoms with van der Waals surface area (Å²) in [6.07, 6.45) is 8.51. The van der Waals surface area contributed by atoms with Crippen molar-refractivity contribution in [3.8, 4) is 0 Å². The first-order chi connectivity index (χ1) is 40.7. The summed E-state index contributed by atoms with van der Waals surface area (Å²) < 4.78 is 79.8. The number of sulfonamides is 1. The SMILES string of the molecule is Cc1cc(C)c(S(=O)(=O)NC(CNC(=O)c2cn(CCCNC(=O)CCC(=O)NCCCOCCOCCOCCCNC(=O)c3ccc(N/N=C/c4ccccc4S(=O)(=O)O)nc3)c3cc(CNc4ncc[nH]4)ccc3c2=O)C(=O)O)c(C)c1. The lowest BCUT2D eigenvalue weighted by Gasteiger charge is -2.19. The van der Waals surface area contributed by atoms with Crippen molar-refractivity contribution in [2.24, 2.45) is 5.10 Å². The number of amides is 4. The number of aromatic nitrogens is 4. The number of hydrogen-bond donors (Lipinski definition) is 10. The molecule has 85 heavy (non-hydrogen) atoms. The van der Waals surface area contributed by atoms with Crippen LogP contribution in [0, 0.1) is 20.8 Å². The largest absolute Gasteiger partial charge is 0.480 e. The molecular formula is C56H70N12O15S2.